The van der Waals surface area contributed by atoms with Crippen LogP contribution in [0.25, 0.3) is 0 Å². The predicted octanol–water partition coefficient (Wildman–Crippen LogP) is 3.19. The summed E-state index contributed by atoms with van der Waals surface area (Å²) in [4.78, 5) is 10.7. The normalized spacial score (nSPS) is 16.1. The lowest BCUT2D eigenvalue weighted by Gasteiger charge is -2.12. The SMILES string of the molecule is O=C(O)CC1(CSCCOc2ccccc2F)CC1. The number of carboxylic acids is 1. The van der Waals surface area contributed by atoms with E-state index < -0.39 is 5.97 Å². The number of thioether (sulfide) groups is 1. The average Bonchev–Trinajstić information content (AvgIpc) is 3.10. The largest absolute Gasteiger partial charge is 0.490 e. The van der Waals surface area contributed by atoms with Crippen LogP contribution in [0, 0.1) is 11.2 Å². The molecule has 0 heterocycles. The van der Waals surface area contributed by atoms with Crippen LogP contribution >= 0.6 is 11.8 Å². The van der Waals surface area contributed by atoms with Gasteiger partial charge in [0.15, 0.2) is 11.6 Å². The van der Waals surface area contributed by atoms with Crippen molar-refractivity contribution in [1.29, 1.82) is 0 Å². The smallest absolute Gasteiger partial charge is 0.303 e. The minimum Gasteiger partial charge on any atom is -0.490 e. The number of benzene rings is 1. The molecule has 0 spiro atoms. The van der Waals surface area contributed by atoms with E-state index >= 15 is 0 Å². The Labute approximate surface area is 116 Å². The van der Waals surface area contributed by atoms with Gasteiger partial charge in [-0.15, -0.1) is 0 Å². The second kappa shape index (κ2) is 6.28. The molecule has 5 heteroatoms. The van der Waals surface area contributed by atoms with Crippen LogP contribution in [0.3, 0.4) is 0 Å². The van der Waals surface area contributed by atoms with Gasteiger partial charge in [-0.2, -0.15) is 11.8 Å². The Bertz CT molecular complexity index is 446. The molecule has 3 nitrogen and oxygen atoms in total. The van der Waals surface area contributed by atoms with Gasteiger partial charge in [-0.3, -0.25) is 4.79 Å². The van der Waals surface area contributed by atoms with E-state index in [1.165, 1.54) is 6.07 Å². The van der Waals surface area contributed by atoms with E-state index in [2.05, 4.69) is 0 Å². The number of para-hydroxylation sites is 1. The molecule has 2 rings (SSSR count). The third-order valence-electron chi connectivity index (χ3n) is 3.21. The van der Waals surface area contributed by atoms with Crippen molar-refractivity contribution >= 4 is 17.7 Å². The van der Waals surface area contributed by atoms with Crippen molar-refractivity contribution in [3.8, 4) is 5.75 Å². The second-order valence-corrected chi connectivity index (χ2v) is 6.01. The minimum absolute atomic E-state index is 0.00843. The topological polar surface area (TPSA) is 46.5 Å². The molecule has 0 aliphatic heterocycles. The molecular weight excluding hydrogens is 267 g/mol. The van der Waals surface area contributed by atoms with Gasteiger partial charge in [0.25, 0.3) is 0 Å². The highest BCUT2D eigenvalue weighted by Gasteiger charge is 2.43. The van der Waals surface area contributed by atoms with Crippen LogP contribution in [0.1, 0.15) is 19.3 Å². The predicted molar refractivity (Wildman–Crippen MR) is 73.1 cm³/mol. The summed E-state index contributed by atoms with van der Waals surface area (Å²) in [6.45, 7) is 0.439. The highest BCUT2D eigenvalue weighted by molar-refractivity contribution is 7.99. The maximum atomic E-state index is 13.2. The summed E-state index contributed by atoms with van der Waals surface area (Å²) in [5.74, 6) is 0.794. The van der Waals surface area contributed by atoms with E-state index in [4.69, 9.17) is 9.84 Å². The summed E-state index contributed by atoms with van der Waals surface area (Å²) in [6.07, 6.45) is 2.26. The van der Waals surface area contributed by atoms with Crippen LogP contribution in [-0.4, -0.2) is 29.2 Å². The number of carbonyl (C=O) groups is 1. The fourth-order valence-corrected chi connectivity index (χ4v) is 3.10. The number of hydrogen-bond acceptors (Lipinski definition) is 3. The number of aliphatic carboxylic acids is 1. The van der Waals surface area contributed by atoms with Crippen molar-refractivity contribution in [3.63, 3.8) is 0 Å². The molecular formula is C14H17FO3S. The first-order chi connectivity index (χ1) is 9.11. The fraction of sp³-hybridized carbons (Fsp3) is 0.500. The lowest BCUT2D eigenvalue weighted by atomic mass is 10.1. The van der Waals surface area contributed by atoms with Gasteiger partial charge in [0.05, 0.1) is 13.0 Å². The Balaban J connectivity index is 1.63. The highest BCUT2D eigenvalue weighted by atomic mass is 32.2. The maximum absolute atomic E-state index is 13.2. The van der Waals surface area contributed by atoms with Gasteiger partial charge >= 0.3 is 5.97 Å². The average molecular weight is 284 g/mol. The zero-order valence-electron chi connectivity index (χ0n) is 10.6. The highest BCUT2D eigenvalue weighted by Crippen LogP contribution is 2.50. The van der Waals surface area contributed by atoms with Gasteiger partial charge in [-0.25, -0.2) is 4.39 Å². The Kier molecular flexibility index (Phi) is 4.69. The summed E-state index contributed by atoms with van der Waals surface area (Å²) in [5.41, 5.74) is 0.00843. The monoisotopic (exact) mass is 284 g/mol. The molecule has 1 aliphatic rings. The lowest BCUT2D eigenvalue weighted by molar-refractivity contribution is -0.138. The quantitative estimate of drug-likeness (QED) is 0.745. The first-order valence-corrected chi connectivity index (χ1v) is 7.44. The molecule has 0 bridgehead atoms. The number of rotatable bonds is 8. The Morgan fingerprint density at radius 1 is 1.42 bits per heavy atom. The molecule has 1 saturated carbocycles. The molecule has 104 valence electrons. The molecule has 0 radical (unpaired) electrons. The molecule has 1 fully saturated rings. The van der Waals surface area contributed by atoms with Gasteiger partial charge < -0.3 is 9.84 Å². The van der Waals surface area contributed by atoms with Gasteiger partial charge in [0.1, 0.15) is 0 Å². The van der Waals surface area contributed by atoms with Crippen molar-refractivity contribution in [2.45, 2.75) is 19.3 Å². The van der Waals surface area contributed by atoms with E-state index in [-0.39, 0.29) is 23.4 Å². The van der Waals surface area contributed by atoms with E-state index in [0.717, 1.165) is 24.3 Å². The van der Waals surface area contributed by atoms with Crippen molar-refractivity contribution < 1.29 is 19.0 Å². The standard InChI is InChI=1S/C14H17FO3S/c15-11-3-1-2-4-12(11)18-7-8-19-10-14(5-6-14)9-13(16)17/h1-4H,5-10H2,(H,16,17). The van der Waals surface area contributed by atoms with Crippen LogP contribution in [-0.2, 0) is 4.79 Å². The second-order valence-electron chi connectivity index (χ2n) is 4.90. The van der Waals surface area contributed by atoms with Crippen molar-refractivity contribution in [2.75, 3.05) is 18.1 Å². The van der Waals surface area contributed by atoms with Crippen molar-refractivity contribution in [2.24, 2.45) is 5.41 Å². The van der Waals surface area contributed by atoms with Gasteiger partial charge in [0, 0.05) is 5.75 Å². The van der Waals surface area contributed by atoms with E-state index in [1.807, 2.05) is 0 Å². The van der Waals surface area contributed by atoms with Crippen molar-refractivity contribution in [3.05, 3.63) is 30.1 Å². The fourth-order valence-electron chi connectivity index (χ4n) is 1.93. The Morgan fingerprint density at radius 3 is 2.79 bits per heavy atom. The molecule has 19 heavy (non-hydrogen) atoms. The molecule has 1 N–H and O–H groups in total. The molecule has 0 saturated heterocycles. The first-order valence-electron chi connectivity index (χ1n) is 6.28. The Hall–Kier alpha value is -1.23. The van der Waals surface area contributed by atoms with Crippen LogP contribution < -0.4 is 4.74 Å². The third-order valence-corrected chi connectivity index (χ3v) is 4.49. The summed E-state index contributed by atoms with van der Waals surface area (Å²) >= 11 is 1.68. The zero-order chi connectivity index (χ0) is 13.7. The number of hydrogen-bond donors (Lipinski definition) is 1. The van der Waals surface area contributed by atoms with E-state index in [9.17, 15) is 9.18 Å². The number of carboxylic acid groups (broad SMARTS) is 1. The van der Waals surface area contributed by atoms with Crippen molar-refractivity contribution in [1.82, 2.24) is 0 Å². The minimum atomic E-state index is -0.722. The van der Waals surface area contributed by atoms with E-state index in [1.54, 1.807) is 30.0 Å². The van der Waals surface area contributed by atoms with Gasteiger partial charge in [-0.1, -0.05) is 12.1 Å². The summed E-state index contributed by atoms with van der Waals surface area (Å²) < 4.78 is 18.6. The third kappa shape index (κ3) is 4.42. The maximum Gasteiger partial charge on any atom is 0.303 e. The molecule has 1 aromatic carbocycles. The summed E-state index contributed by atoms with van der Waals surface area (Å²) in [6, 6.07) is 6.33. The molecule has 1 aliphatic carbocycles. The van der Waals surface area contributed by atoms with Crippen LogP contribution in [0.4, 0.5) is 4.39 Å². The number of ether oxygens (including phenoxy) is 1. The van der Waals surface area contributed by atoms with Crippen LogP contribution in [0.15, 0.2) is 24.3 Å². The first kappa shape index (κ1) is 14.2. The molecule has 0 unspecified atom stereocenters. The molecule has 1 aromatic rings. The Morgan fingerprint density at radius 2 is 2.16 bits per heavy atom. The van der Waals surface area contributed by atoms with E-state index in [0.29, 0.717) is 6.61 Å². The summed E-state index contributed by atoms with van der Waals surface area (Å²) in [7, 11) is 0. The zero-order valence-corrected chi connectivity index (χ0v) is 11.4. The van der Waals surface area contributed by atoms with Gasteiger partial charge in [0.2, 0.25) is 0 Å². The molecule has 0 aromatic heterocycles. The van der Waals surface area contributed by atoms with Crippen LogP contribution in [0.5, 0.6) is 5.75 Å². The van der Waals surface area contributed by atoms with Crippen LogP contribution in [0.2, 0.25) is 0 Å². The molecule has 0 atom stereocenters. The molecule has 0 amide bonds. The summed E-state index contributed by atoms with van der Waals surface area (Å²) in [5, 5.41) is 8.80. The lowest BCUT2D eigenvalue weighted by Crippen LogP contribution is -2.12. The van der Waals surface area contributed by atoms with Gasteiger partial charge in [-0.05, 0) is 36.1 Å². The number of halogens is 1.